The number of rotatable bonds is 15. The van der Waals surface area contributed by atoms with Gasteiger partial charge in [0.05, 0.1) is 18.8 Å². The van der Waals surface area contributed by atoms with E-state index in [2.05, 4.69) is 27.8 Å². The summed E-state index contributed by atoms with van der Waals surface area (Å²) < 4.78 is 31.6. The fourth-order valence-corrected chi connectivity index (χ4v) is 7.71. The molecule has 1 saturated carbocycles. The fraction of sp³-hybridized carbons (Fsp3) is 0.659. The number of carbonyl (C=O) groups is 6. The topological polar surface area (TPSA) is 204 Å². The summed E-state index contributed by atoms with van der Waals surface area (Å²) in [7, 11) is -2.15. The van der Waals surface area contributed by atoms with Crippen LogP contribution in [0.3, 0.4) is 0 Å². The first-order chi connectivity index (χ1) is 27.0. The van der Waals surface area contributed by atoms with Gasteiger partial charge in [-0.2, -0.15) is 0 Å². The highest BCUT2D eigenvalue weighted by Crippen LogP contribution is 2.32. The molecular formula is C41H63N7O9S. The number of hydrogen-bond donors (Lipinski definition) is 4. The first-order valence-corrected chi connectivity index (χ1v) is 21.9. The van der Waals surface area contributed by atoms with E-state index in [1.807, 2.05) is 45.0 Å². The number of likely N-dealkylation sites (N-methyl/N-ethyl adjacent to an activating group) is 1. The Hall–Kier alpha value is -4.51. The van der Waals surface area contributed by atoms with Crippen LogP contribution in [-0.4, -0.2) is 128 Å². The molecule has 2 fully saturated rings. The molecule has 0 aromatic heterocycles. The molecule has 1 aromatic rings. The molecule has 17 heteroatoms. The molecule has 2 aliphatic heterocycles. The van der Waals surface area contributed by atoms with Crippen molar-refractivity contribution in [2.45, 2.75) is 117 Å². The van der Waals surface area contributed by atoms with Gasteiger partial charge in [0.25, 0.3) is 5.91 Å². The molecule has 0 bridgehead atoms. The molecule has 16 nitrogen and oxygen atoms in total. The van der Waals surface area contributed by atoms with Gasteiger partial charge in [0.15, 0.2) is 0 Å². The molecule has 1 saturated heterocycles. The van der Waals surface area contributed by atoms with Crippen LogP contribution in [-0.2, 0) is 46.9 Å². The number of carbonyl (C=O) groups excluding carboxylic acids is 6. The predicted molar refractivity (Wildman–Crippen MR) is 219 cm³/mol. The maximum Gasteiger partial charge on any atom is 0.410 e. The normalized spacial score (nSPS) is 20.2. The number of Topliss-reactive ketones (excluding diaryl/α,β-unsaturated/α-hetero) is 1. The zero-order valence-corrected chi connectivity index (χ0v) is 36.1. The third-order valence-electron chi connectivity index (χ3n) is 11.3. The lowest BCUT2D eigenvalue weighted by Gasteiger charge is -2.37. The number of fused-ring (bicyclic) bond motifs is 1. The second kappa shape index (κ2) is 19.0. The van der Waals surface area contributed by atoms with Crippen molar-refractivity contribution >= 4 is 45.7 Å². The summed E-state index contributed by atoms with van der Waals surface area (Å²) in [5.74, 6) is -2.86. The minimum atomic E-state index is -3.57. The van der Waals surface area contributed by atoms with Gasteiger partial charge in [-0.05, 0) is 40.7 Å². The third kappa shape index (κ3) is 12.3. The summed E-state index contributed by atoms with van der Waals surface area (Å²) in [4.78, 5) is 85.3. The zero-order chi connectivity index (χ0) is 43.2. The van der Waals surface area contributed by atoms with Crippen LogP contribution in [0.25, 0.3) is 0 Å². The summed E-state index contributed by atoms with van der Waals surface area (Å²) in [5, 5.41) is 10.9. The molecule has 2 heterocycles. The summed E-state index contributed by atoms with van der Waals surface area (Å²) in [6, 6.07) is 2.86. The molecule has 4 N–H and O–H groups in total. The van der Waals surface area contributed by atoms with Crippen molar-refractivity contribution in [3.05, 3.63) is 48.0 Å². The molecule has 322 valence electrons. The molecule has 1 aromatic carbocycles. The van der Waals surface area contributed by atoms with Crippen molar-refractivity contribution in [1.82, 2.24) is 35.4 Å². The van der Waals surface area contributed by atoms with Crippen LogP contribution < -0.4 is 21.3 Å². The van der Waals surface area contributed by atoms with E-state index in [0.29, 0.717) is 19.5 Å². The second-order valence-corrected chi connectivity index (χ2v) is 20.1. The second-order valence-electron chi connectivity index (χ2n) is 18.0. The van der Waals surface area contributed by atoms with E-state index >= 15 is 0 Å². The third-order valence-corrected chi connectivity index (χ3v) is 12.6. The van der Waals surface area contributed by atoms with Crippen LogP contribution >= 0.6 is 0 Å². The summed E-state index contributed by atoms with van der Waals surface area (Å²) in [6.45, 7) is 15.0. The Bertz CT molecular complexity index is 1820. The Kier molecular flexibility index (Phi) is 15.2. The number of sulfonamides is 1. The van der Waals surface area contributed by atoms with Crippen molar-refractivity contribution in [3.8, 4) is 0 Å². The average Bonchev–Trinajstić information content (AvgIpc) is 3.55. The Morgan fingerprint density at radius 2 is 1.64 bits per heavy atom. The quantitative estimate of drug-likeness (QED) is 0.151. The van der Waals surface area contributed by atoms with E-state index in [4.69, 9.17) is 4.74 Å². The van der Waals surface area contributed by atoms with Gasteiger partial charge in [-0.25, -0.2) is 22.3 Å². The zero-order valence-electron chi connectivity index (χ0n) is 35.3. The molecular weight excluding hydrogens is 767 g/mol. The highest BCUT2D eigenvalue weighted by molar-refractivity contribution is 7.88. The van der Waals surface area contributed by atoms with Gasteiger partial charge in [0.2, 0.25) is 27.6 Å². The highest BCUT2D eigenvalue weighted by Gasteiger charge is 2.47. The van der Waals surface area contributed by atoms with Gasteiger partial charge in [-0.1, -0.05) is 91.1 Å². The SMILES string of the molecule is C=CCNC(=O)C(=O)C(CC1CCC1)NC(=O)C1CC(OC(=O)N2CCc3ccccc3C2)CN1C(=O)C(NC(=O)NC(CN(C)S(C)(=O)=O)C(C)(C)C)C(C)(C)C. The molecule has 5 atom stereocenters. The summed E-state index contributed by atoms with van der Waals surface area (Å²) >= 11 is 0. The monoisotopic (exact) mass is 829 g/mol. The number of urea groups is 1. The van der Waals surface area contributed by atoms with Crippen LogP contribution in [0.4, 0.5) is 9.59 Å². The lowest BCUT2D eigenvalue weighted by molar-refractivity contribution is -0.144. The Balaban J connectivity index is 1.60. The van der Waals surface area contributed by atoms with Crippen LogP contribution in [0, 0.1) is 16.7 Å². The molecule has 0 spiro atoms. The van der Waals surface area contributed by atoms with Crippen molar-refractivity contribution < 1.29 is 41.9 Å². The summed E-state index contributed by atoms with van der Waals surface area (Å²) in [6.07, 6.45) is 4.48. The van der Waals surface area contributed by atoms with Gasteiger partial charge in [-0.3, -0.25) is 19.2 Å². The Labute approximate surface area is 343 Å². The number of amides is 6. The standard InChI is InChI=1S/C41H63N7O9S/c1-10-19-42-36(51)33(49)30(21-26-14-13-15-26)43-35(50)31-22-29(57-39(54)47-20-18-27-16-11-12-17-28(27)23-47)24-48(31)37(52)34(41(5,6)7)45-38(53)44-32(40(2,3)4)25-46(8)58(9,55)56/h10-12,16-17,26,29-32,34H,1,13-15,18-25H2,2-9H3,(H,42,51)(H,43,50)(H2,44,45,53). The average molecular weight is 830 g/mol. The Morgan fingerprint density at radius 1 is 0.983 bits per heavy atom. The van der Waals surface area contributed by atoms with Gasteiger partial charge in [-0.15, -0.1) is 6.58 Å². The molecule has 5 unspecified atom stereocenters. The first-order valence-electron chi connectivity index (χ1n) is 20.0. The van der Waals surface area contributed by atoms with E-state index in [1.54, 1.807) is 25.7 Å². The maximum absolute atomic E-state index is 14.7. The number of nitrogens with one attached hydrogen (secondary N) is 4. The number of benzene rings is 1. The lowest BCUT2D eigenvalue weighted by atomic mass is 9.80. The van der Waals surface area contributed by atoms with Gasteiger partial charge < -0.3 is 35.8 Å². The number of ketones is 1. The predicted octanol–water partition coefficient (Wildman–Crippen LogP) is 2.72. The van der Waals surface area contributed by atoms with Crippen molar-refractivity contribution in [2.24, 2.45) is 16.7 Å². The van der Waals surface area contributed by atoms with Crippen LogP contribution in [0.5, 0.6) is 0 Å². The van der Waals surface area contributed by atoms with E-state index in [1.165, 1.54) is 18.0 Å². The van der Waals surface area contributed by atoms with E-state index < -0.39 is 86.8 Å². The molecule has 58 heavy (non-hydrogen) atoms. The van der Waals surface area contributed by atoms with E-state index in [0.717, 1.165) is 41.0 Å². The number of hydrogen-bond acceptors (Lipinski definition) is 9. The van der Waals surface area contributed by atoms with Gasteiger partial charge in [0.1, 0.15) is 18.2 Å². The maximum atomic E-state index is 14.7. The smallest absolute Gasteiger partial charge is 0.410 e. The van der Waals surface area contributed by atoms with Crippen molar-refractivity contribution in [2.75, 3.05) is 39.5 Å². The van der Waals surface area contributed by atoms with E-state index in [9.17, 15) is 37.2 Å². The van der Waals surface area contributed by atoms with Crippen LogP contribution in [0.1, 0.15) is 84.8 Å². The van der Waals surface area contributed by atoms with Crippen molar-refractivity contribution in [3.63, 3.8) is 0 Å². The van der Waals surface area contributed by atoms with Crippen LogP contribution in [0.15, 0.2) is 36.9 Å². The first kappa shape index (κ1) is 46.2. The highest BCUT2D eigenvalue weighted by atomic mass is 32.2. The lowest BCUT2D eigenvalue weighted by Crippen LogP contribution is -2.62. The summed E-state index contributed by atoms with van der Waals surface area (Å²) in [5.41, 5.74) is 0.655. The minimum Gasteiger partial charge on any atom is -0.444 e. The molecule has 3 aliphatic rings. The van der Waals surface area contributed by atoms with Crippen LogP contribution in [0.2, 0.25) is 0 Å². The Morgan fingerprint density at radius 3 is 2.21 bits per heavy atom. The fourth-order valence-electron chi connectivity index (χ4n) is 7.29. The number of likely N-dealkylation sites (tertiary alicyclic amines) is 1. The molecule has 4 rings (SSSR count). The van der Waals surface area contributed by atoms with E-state index in [-0.39, 0.29) is 38.4 Å². The van der Waals surface area contributed by atoms with Gasteiger partial charge >= 0.3 is 12.1 Å². The minimum absolute atomic E-state index is 0.0275. The molecule has 0 radical (unpaired) electrons. The number of nitrogens with zero attached hydrogens (tertiary/aromatic N) is 3. The molecule has 6 amide bonds. The molecule has 1 aliphatic carbocycles. The van der Waals surface area contributed by atoms with Gasteiger partial charge in [0, 0.05) is 45.7 Å². The van der Waals surface area contributed by atoms with Crippen molar-refractivity contribution in [1.29, 1.82) is 0 Å². The number of ether oxygens (including phenoxy) is 1. The largest absolute Gasteiger partial charge is 0.444 e.